The summed E-state index contributed by atoms with van der Waals surface area (Å²) in [7, 11) is 2.16. The van der Waals surface area contributed by atoms with E-state index in [-0.39, 0.29) is 0 Å². The predicted molar refractivity (Wildman–Crippen MR) is 83.0 cm³/mol. The summed E-state index contributed by atoms with van der Waals surface area (Å²) >= 11 is 9.57. The van der Waals surface area contributed by atoms with Crippen LogP contribution in [-0.4, -0.2) is 38.1 Å². The zero-order chi connectivity index (χ0) is 13.0. The van der Waals surface area contributed by atoms with Gasteiger partial charge in [-0.15, -0.1) is 0 Å². The monoisotopic (exact) mass is 330 g/mol. The fraction of sp³-hybridized carbons (Fsp3) is 0.571. The van der Waals surface area contributed by atoms with Gasteiger partial charge in [0.05, 0.1) is 0 Å². The van der Waals surface area contributed by atoms with E-state index in [0.29, 0.717) is 0 Å². The van der Waals surface area contributed by atoms with Gasteiger partial charge in [0.15, 0.2) is 0 Å². The van der Waals surface area contributed by atoms with Crippen molar-refractivity contribution in [2.45, 2.75) is 18.2 Å². The maximum Gasteiger partial charge on any atom is 0.0410 e. The molecule has 1 saturated heterocycles. The van der Waals surface area contributed by atoms with Crippen LogP contribution in [0.25, 0.3) is 0 Å². The van der Waals surface area contributed by atoms with E-state index >= 15 is 0 Å². The molecule has 0 N–H and O–H groups in total. The van der Waals surface area contributed by atoms with Crippen molar-refractivity contribution >= 4 is 33.2 Å². The van der Waals surface area contributed by atoms with E-state index in [1.54, 1.807) is 0 Å². The second-order valence-electron chi connectivity index (χ2n) is 4.88. The van der Waals surface area contributed by atoms with Gasteiger partial charge in [-0.3, -0.25) is 0 Å². The van der Waals surface area contributed by atoms with Crippen LogP contribution in [0, 0.1) is 0 Å². The molecule has 0 unspecified atom stereocenters. The van der Waals surface area contributed by atoms with E-state index < -0.39 is 0 Å². The highest BCUT2D eigenvalue weighted by Crippen LogP contribution is 2.25. The molecule has 1 aromatic carbocycles. The van der Waals surface area contributed by atoms with Crippen molar-refractivity contribution in [2.24, 2.45) is 0 Å². The summed E-state index contributed by atoms with van der Waals surface area (Å²) in [5.41, 5.74) is 2.53. The summed E-state index contributed by atoms with van der Waals surface area (Å²) in [6, 6.07) is 6.12. The molecule has 100 valence electrons. The van der Waals surface area contributed by atoms with Gasteiger partial charge in [0.25, 0.3) is 0 Å². The molecule has 18 heavy (non-hydrogen) atoms. The molecule has 0 aliphatic carbocycles. The highest BCUT2D eigenvalue weighted by molar-refractivity contribution is 9.08. The molecule has 1 fully saturated rings. The Hall–Kier alpha value is -0.250. The molecule has 0 atom stereocenters. The number of nitrogens with zero attached hydrogens (tertiary/aromatic N) is 2. The molecule has 0 amide bonds. The second kappa shape index (κ2) is 6.78. The Morgan fingerprint density at radius 2 is 2.06 bits per heavy atom. The highest BCUT2D eigenvalue weighted by atomic mass is 79.9. The van der Waals surface area contributed by atoms with E-state index in [1.165, 1.54) is 37.2 Å². The van der Waals surface area contributed by atoms with Gasteiger partial charge in [-0.05, 0) is 49.7 Å². The maximum atomic E-state index is 6.03. The normalized spacial score (nSPS) is 16.2. The predicted octanol–water partition coefficient (Wildman–Crippen LogP) is 3.77. The van der Waals surface area contributed by atoms with Crippen LogP contribution in [-0.2, 0) is 5.33 Å². The number of likely N-dealkylation sites (N-methyl/N-ethyl adjacent to an activating group) is 1. The standard InChI is InChI=1S/C14H20BrClN2/c1-17(8-9-18-6-2-3-7-18)14-5-4-13(16)10-12(14)11-15/h4-5,10H,2-3,6-9,11H2,1H3. The molecular weight excluding hydrogens is 312 g/mol. The molecule has 0 spiro atoms. The van der Waals surface area contributed by atoms with Gasteiger partial charge in [-0.1, -0.05) is 27.5 Å². The molecule has 0 bridgehead atoms. The fourth-order valence-corrected chi connectivity index (χ4v) is 3.10. The topological polar surface area (TPSA) is 6.48 Å². The van der Waals surface area contributed by atoms with Crippen LogP contribution in [0.4, 0.5) is 5.69 Å². The third-order valence-corrected chi connectivity index (χ3v) is 4.39. The van der Waals surface area contributed by atoms with Crippen molar-refractivity contribution in [3.63, 3.8) is 0 Å². The Morgan fingerprint density at radius 1 is 1.33 bits per heavy atom. The van der Waals surface area contributed by atoms with Crippen LogP contribution in [0.3, 0.4) is 0 Å². The van der Waals surface area contributed by atoms with Gasteiger partial charge < -0.3 is 9.80 Å². The zero-order valence-electron chi connectivity index (χ0n) is 10.8. The molecule has 2 rings (SSSR count). The Labute approximate surface area is 123 Å². The van der Waals surface area contributed by atoms with Crippen LogP contribution in [0.1, 0.15) is 18.4 Å². The van der Waals surface area contributed by atoms with Crippen molar-refractivity contribution in [3.8, 4) is 0 Å². The number of halogens is 2. The lowest BCUT2D eigenvalue weighted by Crippen LogP contribution is -2.31. The molecule has 1 aliphatic heterocycles. The molecule has 1 aliphatic rings. The number of rotatable bonds is 5. The summed E-state index contributed by atoms with van der Waals surface area (Å²) in [5.74, 6) is 0. The van der Waals surface area contributed by atoms with Gasteiger partial charge in [0, 0.05) is 36.2 Å². The summed E-state index contributed by atoms with van der Waals surface area (Å²) in [5, 5.41) is 1.65. The molecule has 4 heteroatoms. The number of anilines is 1. The first-order valence-electron chi connectivity index (χ1n) is 6.48. The largest absolute Gasteiger partial charge is 0.373 e. The minimum atomic E-state index is 0.807. The van der Waals surface area contributed by atoms with Gasteiger partial charge >= 0.3 is 0 Å². The maximum absolute atomic E-state index is 6.03. The number of hydrogen-bond acceptors (Lipinski definition) is 2. The summed E-state index contributed by atoms with van der Waals surface area (Å²) in [6.45, 7) is 4.75. The minimum absolute atomic E-state index is 0.807. The average Bonchev–Trinajstić information content (AvgIpc) is 2.88. The number of benzene rings is 1. The van der Waals surface area contributed by atoms with E-state index in [9.17, 15) is 0 Å². The van der Waals surface area contributed by atoms with Crippen LogP contribution < -0.4 is 4.90 Å². The summed E-state index contributed by atoms with van der Waals surface area (Å²) in [4.78, 5) is 4.87. The first-order valence-corrected chi connectivity index (χ1v) is 7.98. The van der Waals surface area contributed by atoms with Crippen LogP contribution in [0.5, 0.6) is 0 Å². The summed E-state index contributed by atoms with van der Waals surface area (Å²) < 4.78 is 0. The highest BCUT2D eigenvalue weighted by Gasteiger charge is 2.13. The Morgan fingerprint density at radius 3 is 2.72 bits per heavy atom. The van der Waals surface area contributed by atoms with Crippen molar-refractivity contribution in [1.29, 1.82) is 0 Å². The van der Waals surface area contributed by atoms with Gasteiger partial charge in [0.1, 0.15) is 0 Å². The molecule has 1 aromatic rings. The Balaban J connectivity index is 1.96. The van der Waals surface area contributed by atoms with Crippen molar-refractivity contribution in [1.82, 2.24) is 4.90 Å². The van der Waals surface area contributed by atoms with Crippen LogP contribution in [0.2, 0.25) is 5.02 Å². The second-order valence-corrected chi connectivity index (χ2v) is 5.87. The van der Waals surface area contributed by atoms with E-state index in [1.807, 2.05) is 12.1 Å². The van der Waals surface area contributed by atoms with Gasteiger partial charge in [-0.25, -0.2) is 0 Å². The number of alkyl halides is 1. The lowest BCUT2D eigenvalue weighted by atomic mass is 10.2. The number of hydrogen-bond donors (Lipinski definition) is 0. The molecule has 2 nitrogen and oxygen atoms in total. The molecular formula is C14H20BrClN2. The first kappa shape index (κ1) is 14.2. The molecule has 0 aromatic heterocycles. The SMILES string of the molecule is CN(CCN1CCCC1)c1ccc(Cl)cc1CBr. The van der Waals surface area contributed by atoms with Gasteiger partial charge in [-0.2, -0.15) is 0 Å². The van der Waals surface area contributed by atoms with Crippen molar-refractivity contribution < 1.29 is 0 Å². The van der Waals surface area contributed by atoms with E-state index in [0.717, 1.165) is 23.4 Å². The van der Waals surface area contributed by atoms with Crippen LogP contribution in [0.15, 0.2) is 18.2 Å². The zero-order valence-corrected chi connectivity index (χ0v) is 13.2. The number of likely N-dealkylation sites (tertiary alicyclic amines) is 1. The average molecular weight is 332 g/mol. The van der Waals surface area contributed by atoms with Crippen molar-refractivity contribution in [2.75, 3.05) is 38.1 Å². The van der Waals surface area contributed by atoms with Gasteiger partial charge in [0.2, 0.25) is 0 Å². The molecule has 1 heterocycles. The lowest BCUT2D eigenvalue weighted by Gasteiger charge is -2.25. The molecule has 0 radical (unpaired) electrons. The lowest BCUT2D eigenvalue weighted by molar-refractivity contribution is 0.346. The smallest absolute Gasteiger partial charge is 0.0410 e. The summed E-state index contributed by atoms with van der Waals surface area (Å²) in [6.07, 6.45) is 2.72. The minimum Gasteiger partial charge on any atom is -0.373 e. The third kappa shape index (κ3) is 3.62. The fourth-order valence-electron chi connectivity index (χ4n) is 2.45. The van der Waals surface area contributed by atoms with E-state index in [2.05, 4.69) is 38.8 Å². The van der Waals surface area contributed by atoms with Crippen molar-refractivity contribution in [3.05, 3.63) is 28.8 Å². The van der Waals surface area contributed by atoms with Crippen LogP contribution >= 0.6 is 27.5 Å². The quantitative estimate of drug-likeness (QED) is 0.758. The van der Waals surface area contributed by atoms with E-state index in [4.69, 9.17) is 11.6 Å². The Kier molecular flexibility index (Phi) is 5.34. The third-order valence-electron chi connectivity index (χ3n) is 3.55. The molecule has 0 saturated carbocycles. The first-order chi connectivity index (χ1) is 8.70. The Bertz CT molecular complexity index is 391.